The summed E-state index contributed by atoms with van der Waals surface area (Å²) in [4.78, 5) is 51.6. The van der Waals surface area contributed by atoms with Crippen molar-refractivity contribution in [3.63, 3.8) is 0 Å². The molecule has 0 saturated carbocycles. The fraction of sp³-hybridized carbons (Fsp3) is 0.350. The van der Waals surface area contributed by atoms with Gasteiger partial charge in [0.15, 0.2) is 16.9 Å². The molecule has 0 amide bonds. The van der Waals surface area contributed by atoms with Crippen LogP contribution < -0.4 is 16.0 Å². The van der Waals surface area contributed by atoms with E-state index in [-0.39, 0.29) is 43.1 Å². The first-order chi connectivity index (χ1) is 14.3. The third kappa shape index (κ3) is 4.32. The number of nitrogens with zero attached hydrogens (tertiary/aromatic N) is 4. The van der Waals surface area contributed by atoms with Gasteiger partial charge in [-0.15, -0.1) is 0 Å². The largest absolute Gasteiger partial charge is 0.493 e. The van der Waals surface area contributed by atoms with Gasteiger partial charge in [-0.3, -0.25) is 23.5 Å². The van der Waals surface area contributed by atoms with Crippen molar-refractivity contribution >= 4 is 22.9 Å². The highest BCUT2D eigenvalue weighted by Crippen LogP contribution is 2.13. The summed E-state index contributed by atoms with van der Waals surface area (Å²) in [5, 5.41) is 0. The molecule has 3 aromatic rings. The second-order valence-electron chi connectivity index (χ2n) is 6.72. The number of esters is 1. The van der Waals surface area contributed by atoms with Crippen LogP contribution in [0.25, 0.3) is 11.2 Å². The number of ether oxygens (including phenoxy) is 2. The fourth-order valence-corrected chi connectivity index (χ4v) is 2.93. The maximum Gasteiger partial charge on any atom is 0.332 e. The Labute approximate surface area is 171 Å². The first-order valence-corrected chi connectivity index (χ1v) is 9.30. The van der Waals surface area contributed by atoms with Crippen LogP contribution in [-0.4, -0.2) is 43.7 Å². The third-order valence-corrected chi connectivity index (χ3v) is 4.65. The number of carbonyl (C=O) groups excluding carboxylic acids is 2. The van der Waals surface area contributed by atoms with Crippen molar-refractivity contribution in [1.29, 1.82) is 0 Å². The minimum Gasteiger partial charge on any atom is -0.493 e. The molecule has 2 aromatic heterocycles. The van der Waals surface area contributed by atoms with Crippen LogP contribution in [0.1, 0.15) is 23.7 Å². The summed E-state index contributed by atoms with van der Waals surface area (Å²) in [5.41, 5.74) is 0.219. The van der Waals surface area contributed by atoms with Gasteiger partial charge in [0.25, 0.3) is 5.56 Å². The van der Waals surface area contributed by atoms with E-state index in [1.54, 1.807) is 28.8 Å². The maximum atomic E-state index is 12.4. The number of aromatic nitrogens is 4. The monoisotopic (exact) mass is 414 g/mol. The summed E-state index contributed by atoms with van der Waals surface area (Å²) >= 11 is 0. The van der Waals surface area contributed by atoms with Gasteiger partial charge in [0.05, 0.1) is 25.9 Å². The Morgan fingerprint density at radius 3 is 2.40 bits per heavy atom. The molecule has 0 spiro atoms. The summed E-state index contributed by atoms with van der Waals surface area (Å²) < 4.78 is 14.5. The van der Waals surface area contributed by atoms with E-state index < -0.39 is 17.2 Å². The molecule has 30 heavy (non-hydrogen) atoms. The van der Waals surface area contributed by atoms with Crippen LogP contribution in [0.3, 0.4) is 0 Å². The number of hydrogen-bond acceptors (Lipinski definition) is 7. The lowest BCUT2D eigenvalue weighted by Crippen LogP contribution is -2.37. The van der Waals surface area contributed by atoms with Gasteiger partial charge in [-0.1, -0.05) is 0 Å². The van der Waals surface area contributed by atoms with Crippen LogP contribution in [0.15, 0.2) is 40.2 Å². The van der Waals surface area contributed by atoms with Gasteiger partial charge in [-0.2, -0.15) is 0 Å². The summed E-state index contributed by atoms with van der Waals surface area (Å²) in [7, 11) is 2.93. The van der Waals surface area contributed by atoms with Crippen LogP contribution in [0.4, 0.5) is 0 Å². The van der Waals surface area contributed by atoms with E-state index >= 15 is 0 Å². The van der Waals surface area contributed by atoms with Crippen LogP contribution in [0, 0.1) is 0 Å². The van der Waals surface area contributed by atoms with E-state index in [0.717, 1.165) is 4.57 Å². The predicted molar refractivity (Wildman–Crippen MR) is 108 cm³/mol. The Bertz CT molecular complexity index is 1200. The molecule has 0 aliphatic heterocycles. The third-order valence-electron chi connectivity index (χ3n) is 4.65. The number of Topliss-reactive ketones (excluding diaryl/α,β-unsaturated/α-hetero) is 1. The molecule has 2 heterocycles. The Hall–Kier alpha value is -3.69. The van der Waals surface area contributed by atoms with Crippen molar-refractivity contribution in [2.24, 2.45) is 14.1 Å². The highest BCUT2D eigenvalue weighted by Gasteiger charge is 2.14. The van der Waals surface area contributed by atoms with E-state index in [2.05, 4.69) is 4.98 Å². The molecular weight excluding hydrogens is 392 g/mol. The summed E-state index contributed by atoms with van der Waals surface area (Å²) in [6.07, 6.45) is 1.49. The van der Waals surface area contributed by atoms with Gasteiger partial charge >= 0.3 is 11.7 Å². The molecule has 1 aromatic carbocycles. The van der Waals surface area contributed by atoms with Crippen molar-refractivity contribution in [2.45, 2.75) is 19.9 Å². The van der Waals surface area contributed by atoms with Crippen molar-refractivity contribution in [1.82, 2.24) is 18.7 Å². The fourth-order valence-electron chi connectivity index (χ4n) is 2.93. The number of benzene rings is 1. The summed E-state index contributed by atoms with van der Waals surface area (Å²) in [5.74, 6) is 0.0788. The molecule has 0 unspecified atom stereocenters. The molecule has 3 rings (SSSR count). The predicted octanol–water partition coefficient (Wildman–Crippen LogP) is 0.649. The lowest BCUT2D eigenvalue weighted by atomic mass is 10.1. The lowest BCUT2D eigenvalue weighted by molar-refractivity contribution is -0.144. The minimum absolute atomic E-state index is 0.0316. The number of ketones is 1. The summed E-state index contributed by atoms with van der Waals surface area (Å²) in [6, 6.07) is 6.65. The second kappa shape index (κ2) is 8.76. The Balaban J connectivity index is 1.51. The Morgan fingerprint density at radius 1 is 1.03 bits per heavy atom. The van der Waals surface area contributed by atoms with Gasteiger partial charge in [0, 0.05) is 19.7 Å². The number of carbonyl (C=O) groups is 2. The SMILES string of the molecule is CC(=O)c1ccc(OCCC(=O)OCCn2cnc3c2c(=O)n(C)c(=O)n3C)cc1. The second-order valence-corrected chi connectivity index (χ2v) is 6.72. The molecule has 0 bridgehead atoms. The standard InChI is InChI=1S/C20H22N4O6/c1-13(25)14-4-6-15(7-5-14)29-10-8-16(26)30-11-9-24-12-21-18-17(24)19(27)23(3)20(28)22(18)2/h4-7,12H,8-11H2,1-3H3. The van der Waals surface area contributed by atoms with Gasteiger partial charge in [0.2, 0.25) is 0 Å². The molecular formula is C20H22N4O6. The number of aryl methyl sites for hydroxylation is 1. The molecule has 158 valence electrons. The quantitative estimate of drug-likeness (QED) is 0.393. The smallest absolute Gasteiger partial charge is 0.332 e. The first-order valence-electron chi connectivity index (χ1n) is 9.30. The van der Waals surface area contributed by atoms with Crippen LogP contribution >= 0.6 is 0 Å². The molecule has 10 nitrogen and oxygen atoms in total. The van der Waals surface area contributed by atoms with E-state index in [4.69, 9.17) is 9.47 Å². The number of imidazole rings is 1. The minimum atomic E-state index is -0.458. The molecule has 10 heteroatoms. The van der Waals surface area contributed by atoms with Gasteiger partial charge in [-0.25, -0.2) is 9.78 Å². The molecule has 0 fully saturated rings. The van der Waals surface area contributed by atoms with E-state index in [0.29, 0.717) is 11.3 Å². The normalized spacial score (nSPS) is 10.9. The average molecular weight is 414 g/mol. The Morgan fingerprint density at radius 2 is 1.73 bits per heavy atom. The molecule has 0 aliphatic carbocycles. The van der Waals surface area contributed by atoms with Crippen molar-refractivity contribution in [2.75, 3.05) is 13.2 Å². The summed E-state index contributed by atoms with van der Waals surface area (Å²) in [6.45, 7) is 1.89. The van der Waals surface area contributed by atoms with E-state index in [1.807, 2.05) is 0 Å². The molecule has 0 saturated heterocycles. The van der Waals surface area contributed by atoms with Gasteiger partial charge in [0.1, 0.15) is 12.4 Å². The van der Waals surface area contributed by atoms with Crippen molar-refractivity contribution in [3.05, 3.63) is 57.0 Å². The van der Waals surface area contributed by atoms with E-state index in [9.17, 15) is 19.2 Å². The number of rotatable bonds is 8. The van der Waals surface area contributed by atoms with E-state index in [1.165, 1.54) is 31.9 Å². The van der Waals surface area contributed by atoms with Gasteiger partial charge in [-0.05, 0) is 31.2 Å². The molecule has 0 radical (unpaired) electrons. The first kappa shape index (κ1) is 21.0. The average Bonchev–Trinajstić information content (AvgIpc) is 3.15. The zero-order valence-corrected chi connectivity index (χ0v) is 17.0. The van der Waals surface area contributed by atoms with Crippen LogP contribution in [-0.2, 0) is 30.2 Å². The molecule has 0 aliphatic rings. The Kier molecular flexibility index (Phi) is 6.14. The highest BCUT2D eigenvalue weighted by molar-refractivity contribution is 5.94. The topological polar surface area (TPSA) is 114 Å². The van der Waals surface area contributed by atoms with Crippen molar-refractivity contribution in [3.8, 4) is 5.75 Å². The zero-order chi connectivity index (χ0) is 21.8. The van der Waals surface area contributed by atoms with Crippen LogP contribution in [0.5, 0.6) is 5.75 Å². The zero-order valence-electron chi connectivity index (χ0n) is 17.0. The van der Waals surface area contributed by atoms with Crippen molar-refractivity contribution < 1.29 is 19.1 Å². The molecule has 0 N–H and O–H groups in total. The lowest BCUT2D eigenvalue weighted by Gasteiger charge is -2.09. The maximum absolute atomic E-state index is 12.4. The molecule has 0 atom stereocenters. The number of hydrogen-bond donors (Lipinski definition) is 0. The van der Waals surface area contributed by atoms with Gasteiger partial charge < -0.3 is 14.0 Å². The number of fused-ring (bicyclic) bond motifs is 1. The van der Waals surface area contributed by atoms with Crippen LogP contribution in [0.2, 0.25) is 0 Å². The highest BCUT2D eigenvalue weighted by atomic mass is 16.5.